The zero-order chi connectivity index (χ0) is 17.9. The van der Waals surface area contributed by atoms with Crippen molar-refractivity contribution < 1.29 is 19.4 Å². The highest BCUT2D eigenvalue weighted by Gasteiger charge is 2.42. The number of carbonyl (C=O) groups is 1. The van der Waals surface area contributed by atoms with Gasteiger partial charge in [0, 0.05) is 11.5 Å². The van der Waals surface area contributed by atoms with E-state index in [1.54, 1.807) is 28.1 Å². The lowest BCUT2D eigenvalue weighted by atomic mass is 9.70. The van der Waals surface area contributed by atoms with Gasteiger partial charge < -0.3 is 14.6 Å². The Kier molecular flexibility index (Phi) is 5.17. The van der Waals surface area contributed by atoms with E-state index in [9.17, 15) is 9.90 Å². The highest BCUT2D eigenvalue weighted by molar-refractivity contribution is 5.77. The smallest absolute Gasteiger partial charge is 0.310 e. The van der Waals surface area contributed by atoms with E-state index >= 15 is 0 Å². The monoisotopic (exact) mass is 328 g/mol. The Bertz CT molecular complexity index is 695. The highest BCUT2D eigenvalue weighted by atomic mass is 16.5. The van der Waals surface area contributed by atoms with Crippen molar-refractivity contribution in [2.45, 2.75) is 26.7 Å². The van der Waals surface area contributed by atoms with Crippen LogP contribution in [0.1, 0.15) is 36.5 Å². The molecule has 2 rings (SSSR count). The summed E-state index contributed by atoms with van der Waals surface area (Å²) < 4.78 is 11.1. The third kappa shape index (κ3) is 3.23. The molecule has 0 bridgehead atoms. The molecule has 0 aliphatic carbocycles. The molecule has 1 atom stereocenters. The minimum atomic E-state index is -1.04. The predicted octanol–water partition coefficient (Wildman–Crippen LogP) is 4.25. The van der Waals surface area contributed by atoms with Gasteiger partial charge in [-0.05, 0) is 44.0 Å². The maximum atomic E-state index is 12.0. The molecule has 0 fully saturated rings. The molecular weight excluding hydrogens is 304 g/mol. The highest BCUT2D eigenvalue weighted by Crippen LogP contribution is 2.48. The van der Waals surface area contributed by atoms with Crippen LogP contribution in [0.4, 0.5) is 0 Å². The minimum Gasteiger partial charge on any atom is -0.496 e. The third-order valence-corrected chi connectivity index (χ3v) is 4.38. The summed E-state index contributed by atoms with van der Waals surface area (Å²) in [5, 5.41) is 9.83. The lowest BCUT2D eigenvalue weighted by Gasteiger charge is -2.33. The van der Waals surface area contributed by atoms with Crippen molar-refractivity contribution in [2.75, 3.05) is 14.2 Å². The van der Waals surface area contributed by atoms with Gasteiger partial charge in [0.2, 0.25) is 0 Å². The summed E-state index contributed by atoms with van der Waals surface area (Å²) in [4.78, 5) is 12.0. The molecule has 2 aromatic carbocycles. The van der Waals surface area contributed by atoms with Crippen molar-refractivity contribution in [3.05, 3.63) is 59.2 Å². The number of benzene rings is 2. The quantitative estimate of drug-likeness (QED) is 0.861. The molecule has 0 aliphatic rings. The topological polar surface area (TPSA) is 55.8 Å². The van der Waals surface area contributed by atoms with Gasteiger partial charge in [0.25, 0.3) is 0 Å². The molecule has 0 heterocycles. The molecule has 24 heavy (non-hydrogen) atoms. The first-order valence-electron chi connectivity index (χ1n) is 7.83. The summed E-state index contributed by atoms with van der Waals surface area (Å²) in [7, 11) is 3.18. The first-order valence-corrected chi connectivity index (χ1v) is 7.83. The number of aryl methyl sites for hydroxylation is 1. The molecule has 0 aliphatic heterocycles. The Morgan fingerprint density at radius 2 is 1.54 bits per heavy atom. The number of carboxylic acid groups (broad SMARTS) is 1. The molecule has 4 nitrogen and oxygen atoms in total. The maximum Gasteiger partial charge on any atom is 0.310 e. The van der Waals surface area contributed by atoms with Crippen LogP contribution in [0.3, 0.4) is 0 Å². The summed E-state index contributed by atoms with van der Waals surface area (Å²) in [5.41, 5.74) is 1.61. The second-order valence-electron chi connectivity index (χ2n) is 6.45. The number of ether oxygens (including phenoxy) is 2. The third-order valence-electron chi connectivity index (χ3n) is 4.38. The Hall–Kier alpha value is -2.49. The van der Waals surface area contributed by atoms with Crippen LogP contribution in [-0.4, -0.2) is 25.3 Å². The maximum absolute atomic E-state index is 12.0. The van der Waals surface area contributed by atoms with Gasteiger partial charge in [-0.1, -0.05) is 30.3 Å². The van der Waals surface area contributed by atoms with Gasteiger partial charge >= 0.3 is 5.97 Å². The average molecular weight is 328 g/mol. The molecule has 0 aromatic heterocycles. The van der Waals surface area contributed by atoms with Crippen LogP contribution < -0.4 is 9.47 Å². The van der Waals surface area contributed by atoms with Crippen molar-refractivity contribution in [1.29, 1.82) is 0 Å². The van der Waals surface area contributed by atoms with E-state index in [2.05, 4.69) is 0 Å². The van der Waals surface area contributed by atoms with Crippen LogP contribution in [0.25, 0.3) is 0 Å². The standard InChI is InChI=1S/C20H24O4/c1-13-11-15(23-4)17(16(12-13)24-5)18(20(2,3)19(21)22)14-9-7-6-8-10-14/h6-12,18H,1-5H3,(H,21,22). The summed E-state index contributed by atoms with van der Waals surface area (Å²) in [6.45, 7) is 5.41. The zero-order valence-corrected chi connectivity index (χ0v) is 14.8. The van der Waals surface area contributed by atoms with Gasteiger partial charge in [0.1, 0.15) is 11.5 Å². The number of rotatable bonds is 6. The first-order chi connectivity index (χ1) is 11.3. The molecule has 0 amide bonds. The van der Waals surface area contributed by atoms with Gasteiger partial charge in [0.15, 0.2) is 0 Å². The molecule has 0 saturated heterocycles. The summed E-state index contributed by atoms with van der Waals surface area (Å²) in [5.74, 6) is -0.0206. The summed E-state index contributed by atoms with van der Waals surface area (Å²) in [6, 6.07) is 13.4. The van der Waals surface area contributed by atoms with E-state index in [0.717, 1.165) is 16.7 Å². The molecule has 128 valence electrons. The summed E-state index contributed by atoms with van der Waals surface area (Å²) >= 11 is 0. The second kappa shape index (κ2) is 6.95. The van der Waals surface area contributed by atoms with Crippen molar-refractivity contribution in [3.8, 4) is 11.5 Å². The Labute approximate surface area is 143 Å². The molecule has 1 unspecified atom stereocenters. The second-order valence-corrected chi connectivity index (χ2v) is 6.45. The van der Waals surface area contributed by atoms with E-state index in [4.69, 9.17) is 9.47 Å². The number of carboxylic acids is 1. The Morgan fingerprint density at radius 1 is 1.04 bits per heavy atom. The van der Waals surface area contributed by atoms with E-state index in [-0.39, 0.29) is 0 Å². The van der Waals surface area contributed by atoms with Crippen molar-refractivity contribution in [1.82, 2.24) is 0 Å². The van der Waals surface area contributed by atoms with Gasteiger partial charge in [-0.15, -0.1) is 0 Å². The lowest BCUT2D eigenvalue weighted by Crippen LogP contribution is -2.32. The molecule has 4 heteroatoms. The van der Waals surface area contributed by atoms with Gasteiger partial charge in [-0.2, -0.15) is 0 Å². The van der Waals surface area contributed by atoms with Crippen LogP contribution >= 0.6 is 0 Å². The molecular formula is C20H24O4. The van der Waals surface area contributed by atoms with Crippen LogP contribution in [0.2, 0.25) is 0 Å². The molecule has 0 saturated carbocycles. The van der Waals surface area contributed by atoms with E-state index in [0.29, 0.717) is 11.5 Å². The van der Waals surface area contributed by atoms with Crippen LogP contribution in [0.15, 0.2) is 42.5 Å². The number of hydrogen-bond acceptors (Lipinski definition) is 3. The van der Waals surface area contributed by atoms with Gasteiger partial charge in [-0.25, -0.2) is 0 Å². The fraction of sp³-hybridized carbons (Fsp3) is 0.350. The normalized spacial score (nSPS) is 12.5. The Morgan fingerprint density at radius 3 is 1.96 bits per heavy atom. The van der Waals surface area contributed by atoms with E-state index < -0.39 is 17.3 Å². The van der Waals surface area contributed by atoms with Crippen LogP contribution in [0, 0.1) is 12.3 Å². The predicted molar refractivity (Wildman–Crippen MR) is 94.0 cm³/mol. The van der Waals surface area contributed by atoms with E-state index in [1.165, 1.54) is 0 Å². The zero-order valence-electron chi connectivity index (χ0n) is 14.8. The fourth-order valence-corrected chi connectivity index (χ4v) is 3.07. The molecule has 1 N–H and O–H groups in total. The molecule has 0 spiro atoms. The number of methoxy groups -OCH3 is 2. The largest absolute Gasteiger partial charge is 0.496 e. The lowest BCUT2D eigenvalue weighted by molar-refractivity contribution is -0.147. The van der Waals surface area contributed by atoms with Gasteiger partial charge in [0.05, 0.1) is 19.6 Å². The SMILES string of the molecule is COc1cc(C)cc(OC)c1C(c1ccccc1)C(C)(C)C(=O)O. The van der Waals surface area contributed by atoms with E-state index in [1.807, 2.05) is 49.4 Å². The Balaban J connectivity index is 2.81. The minimum absolute atomic E-state index is 0.415. The van der Waals surface area contributed by atoms with Crippen molar-refractivity contribution in [3.63, 3.8) is 0 Å². The van der Waals surface area contributed by atoms with Crippen LogP contribution in [-0.2, 0) is 4.79 Å². The first kappa shape index (κ1) is 17.9. The van der Waals surface area contributed by atoms with Gasteiger partial charge in [-0.3, -0.25) is 4.79 Å². The summed E-state index contributed by atoms with van der Waals surface area (Å²) in [6.07, 6.45) is 0. The fourth-order valence-electron chi connectivity index (χ4n) is 3.07. The molecule has 2 aromatic rings. The van der Waals surface area contributed by atoms with Crippen molar-refractivity contribution in [2.24, 2.45) is 5.41 Å². The molecule has 0 radical (unpaired) electrons. The average Bonchev–Trinajstić information content (AvgIpc) is 2.56. The van der Waals surface area contributed by atoms with Crippen molar-refractivity contribution >= 4 is 5.97 Å². The number of hydrogen-bond donors (Lipinski definition) is 1. The number of aliphatic carboxylic acids is 1. The van der Waals surface area contributed by atoms with Crippen LogP contribution in [0.5, 0.6) is 11.5 Å².